The number of rotatable bonds is 1. The lowest BCUT2D eigenvalue weighted by atomic mass is 10.1. The molecule has 1 nitrogen and oxygen atoms in total. The number of hydrogen-bond donors (Lipinski definition) is 1. The van der Waals surface area contributed by atoms with Gasteiger partial charge in [-0.3, -0.25) is 0 Å². The molecule has 0 fully saturated rings. The van der Waals surface area contributed by atoms with Crippen molar-refractivity contribution in [3.63, 3.8) is 0 Å². The van der Waals surface area contributed by atoms with Gasteiger partial charge in [-0.2, -0.15) is 0 Å². The third-order valence-electron chi connectivity index (χ3n) is 1.42. The molecule has 0 aliphatic heterocycles. The molecule has 10 heavy (non-hydrogen) atoms. The van der Waals surface area contributed by atoms with E-state index in [2.05, 4.69) is 0 Å². The van der Waals surface area contributed by atoms with E-state index in [0.717, 1.165) is 12.0 Å². The van der Waals surface area contributed by atoms with Crippen LogP contribution in [0.5, 0.6) is 5.75 Å². The lowest BCUT2D eigenvalue weighted by Crippen LogP contribution is -1.79. The van der Waals surface area contributed by atoms with Crippen molar-refractivity contribution in [1.29, 1.82) is 0 Å². The average Bonchev–Trinajstić information content (AvgIpc) is 1.94. The number of benzene rings is 1. The van der Waals surface area contributed by atoms with Crippen molar-refractivity contribution in [3.05, 3.63) is 28.8 Å². The van der Waals surface area contributed by atoms with E-state index in [1.54, 1.807) is 18.2 Å². The number of phenolic OH excluding ortho intramolecular Hbond substituents is 1. The molecule has 2 heteroatoms. The van der Waals surface area contributed by atoms with Crippen LogP contribution >= 0.6 is 11.6 Å². The number of hydrogen-bond acceptors (Lipinski definition) is 1. The Morgan fingerprint density at radius 3 is 2.70 bits per heavy atom. The second-order valence-corrected chi connectivity index (χ2v) is 2.56. The van der Waals surface area contributed by atoms with Crippen LogP contribution in [0.2, 0.25) is 5.02 Å². The Labute approximate surface area is 65.3 Å². The molecule has 0 aliphatic rings. The van der Waals surface area contributed by atoms with Crippen molar-refractivity contribution in [1.82, 2.24) is 0 Å². The lowest BCUT2D eigenvalue weighted by molar-refractivity contribution is 0.469. The maximum atomic E-state index is 9.18. The highest BCUT2D eigenvalue weighted by molar-refractivity contribution is 6.30. The molecular weight excluding hydrogens is 148 g/mol. The van der Waals surface area contributed by atoms with Crippen LogP contribution in [0.3, 0.4) is 0 Å². The fraction of sp³-hybridized carbons (Fsp3) is 0.250. The topological polar surface area (TPSA) is 20.2 Å². The van der Waals surface area contributed by atoms with Crippen molar-refractivity contribution in [2.45, 2.75) is 13.3 Å². The zero-order valence-corrected chi connectivity index (χ0v) is 6.52. The molecule has 1 aromatic rings. The van der Waals surface area contributed by atoms with Crippen LogP contribution in [0, 0.1) is 0 Å². The first-order chi connectivity index (χ1) is 4.74. The third-order valence-corrected chi connectivity index (χ3v) is 1.66. The maximum Gasteiger partial charge on any atom is 0.118 e. The Hall–Kier alpha value is -0.690. The first-order valence-electron chi connectivity index (χ1n) is 3.21. The molecule has 0 aliphatic carbocycles. The Bertz CT molecular complexity index is 233. The fourth-order valence-electron chi connectivity index (χ4n) is 0.837. The van der Waals surface area contributed by atoms with Crippen LogP contribution in [-0.2, 0) is 6.42 Å². The van der Waals surface area contributed by atoms with Crippen LogP contribution in [0.15, 0.2) is 18.2 Å². The molecule has 1 rings (SSSR count). The number of halogens is 1. The smallest absolute Gasteiger partial charge is 0.118 e. The number of aryl methyl sites for hydroxylation is 1. The molecule has 0 atom stereocenters. The van der Waals surface area contributed by atoms with Crippen molar-refractivity contribution >= 4 is 11.6 Å². The average molecular weight is 157 g/mol. The van der Waals surface area contributed by atoms with E-state index in [4.69, 9.17) is 11.6 Å². The SMILES string of the molecule is CCc1cc(Cl)ccc1O. The first kappa shape index (κ1) is 7.42. The summed E-state index contributed by atoms with van der Waals surface area (Å²) in [5.41, 5.74) is 0.896. The summed E-state index contributed by atoms with van der Waals surface area (Å²) in [4.78, 5) is 0. The maximum absolute atomic E-state index is 9.18. The molecule has 0 aromatic heterocycles. The van der Waals surface area contributed by atoms with Crippen molar-refractivity contribution in [3.8, 4) is 5.75 Å². The number of phenols is 1. The fourth-order valence-corrected chi connectivity index (χ4v) is 1.03. The highest BCUT2D eigenvalue weighted by Crippen LogP contribution is 2.21. The van der Waals surface area contributed by atoms with Gasteiger partial charge in [0.25, 0.3) is 0 Å². The van der Waals surface area contributed by atoms with E-state index in [-0.39, 0.29) is 0 Å². The van der Waals surface area contributed by atoms with Gasteiger partial charge >= 0.3 is 0 Å². The lowest BCUT2D eigenvalue weighted by Gasteiger charge is -1.99. The highest BCUT2D eigenvalue weighted by atomic mass is 35.5. The zero-order chi connectivity index (χ0) is 7.56. The van der Waals surface area contributed by atoms with E-state index in [1.165, 1.54) is 0 Å². The first-order valence-corrected chi connectivity index (χ1v) is 3.59. The summed E-state index contributed by atoms with van der Waals surface area (Å²) in [5, 5.41) is 9.85. The molecule has 0 saturated heterocycles. The summed E-state index contributed by atoms with van der Waals surface area (Å²) in [6, 6.07) is 5.06. The summed E-state index contributed by atoms with van der Waals surface area (Å²) in [6.07, 6.45) is 0.812. The zero-order valence-electron chi connectivity index (χ0n) is 5.76. The van der Waals surface area contributed by atoms with E-state index in [1.807, 2.05) is 6.92 Å². The Morgan fingerprint density at radius 1 is 1.50 bits per heavy atom. The molecule has 0 saturated carbocycles. The minimum atomic E-state index is 0.326. The van der Waals surface area contributed by atoms with Gasteiger partial charge in [-0.15, -0.1) is 0 Å². The second-order valence-electron chi connectivity index (χ2n) is 2.13. The van der Waals surface area contributed by atoms with Gasteiger partial charge in [-0.25, -0.2) is 0 Å². The summed E-state index contributed by atoms with van der Waals surface area (Å²) < 4.78 is 0. The van der Waals surface area contributed by atoms with Crippen LogP contribution in [0.1, 0.15) is 12.5 Å². The Balaban J connectivity index is 3.09. The predicted molar refractivity (Wildman–Crippen MR) is 42.5 cm³/mol. The van der Waals surface area contributed by atoms with Gasteiger partial charge < -0.3 is 5.11 Å². The van der Waals surface area contributed by atoms with E-state index >= 15 is 0 Å². The molecule has 0 heterocycles. The van der Waals surface area contributed by atoms with Gasteiger partial charge in [0.2, 0.25) is 0 Å². The molecule has 0 amide bonds. The molecule has 1 N–H and O–H groups in total. The standard InChI is InChI=1S/C8H9ClO/c1-2-6-5-7(9)3-4-8(6)10/h3-5,10H,2H2,1H3. The predicted octanol–water partition coefficient (Wildman–Crippen LogP) is 2.61. The summed E-state index contributed by atoms with van der Waals surface area (Å²) in [6.45, 7) is 1.98. The molecule has 0 radical (unpaired) electrons. The molecule has 0 unspecified atom stereocenters. The summed E-state index contributed by atoms with van der Waals surface area (Å²) in [5.74, 6) is 0.326. The normalized spacial score (nSPS) is 9.80. The van der Waals surface area contributed by atoms with Crippen LogP contribution in [0.25, 0.3) is 0 Å². The molecule has 1 aromatic carbocycles. The monoisotopic (exact) mass is 156 g/mol. The molecule has 54 valence electrons. The summed E-state index contributed by atoms with van der Waals surface area (Å²) in [7, 11) is 0. The molecule has 0 spiro atoms. The van der Waals surface area contributed by atoms with Gasteiger partial charge in [0, 0.05) is 5.02 Å². The minimum absolute atomic E-state index is 0.326. The van der Waals surface area contributed by atoms with E-state index < -0.39 is 0 Å². The van der Waals surface area contributed by atoms with E-state index in [0.29, 0.717) is 10.8 Å². The molecular formula is C8H9ClO. The summed E-state index contributed by atoms with van der Waals surface area (Å²) >= 11 is 5.68. The van der Waals surface area contributed by atoms with Crippen molar-refractivity contribution in [2.24, 2.45) is 0 Å². The van der Waals surface area contributed by atoms with Crippen LogP contribution in [0.4, 0.5) is 0 Å². The minimum Gasteiger partial charge on any atom is -0.508 e. The van der Waals surface area contributed by atoms with Crippen molar-refractivity contribution in [2.75, 3.05) is 0 Å². The Morgan fingerprint density at radius 2 is 2.20 bits per heavy atom. The van der Waals surface area contributed by atoms with Gasteiger partial charge in [-0.05, 0) is 30.2 Å². The largest absolute Gasteiger partial charge is 0.508 e. The van der Waals surface area contributed by atoms with Gasteiger partial charge in [0.1, 0.15) is 5.75 Å². The van der Waals surface area contributed by atoms with Crippen LogP contribution in [-0.4, -0.2) is 5.11 Å². The van der Waals surface area contributed by atoms with E-state index in [9.17, 15) is 5.11 Å². The number of aromatic hydroxyl groups is 1. The molecule has 0 bridgehead atoms. The quantitative estimate of drug-likeness (QED) is 0.663. The van der Waals surface area contributed by atoms with Gasteiger partial charge in [0.05, 0.1) is 0 Å². The van der Waals surface area contributed by atoms with Crippen molar-refractivity contribution < 1.29 is 5.11 Å². The second kappa shape index (κ2) is 2.93. The highest BCUT2D eigenvalue weighted by Gasteiger charge is 1.97. The van der Waals surface area contributed by atoms with Gasteiger partial charge in [0.15, 0.2) is 0 Å². The van der Waals surface area contributed by atoms with Crippen LogP contribution < -0.4 is 0 Å². The van der Waals surface area contributed by atoms with Gasteiger partial charge in [-0.1, -0.05) is 18.5 Å². The Kier molecular flexibility index (Phi) is 2.17. The third kappa shape index (κ3) is 1.42.